The number of fused-ring (bicyclic) bond motifs is 1. The van der Waals surface area contributed by atoms with Gasteiger partial charge in [0, 0.05) is 24.5 Å². The van der Waals surface area contributed by atoms with Gasteiger partial charge in [-0.1, -0.05) is 12.1 Å². The topological polar surface area (TPSA) is 60.5 Å². The maximum absolute atomic E-state index is 12.0. The summed E-state index contributed by atoms with van der Waals surface area (Å²) in [5.41, 5.74) is 1.86. The number of aromatic nitrogens is 1. The first-order valence-corrected chi connectivity index (χ1v) is 6.36. The van der Waals surface area contributed by atoms with E-state index >= 15 is 0 Å². The number of pyridine rings is 1. The lowest BCUT2D eigenvalue weighted by molar-refractivity contribution is -0.120. The number of nitrogens with one attached hydrogen (secondary N) is 1. The molecule has 0 unspecified atom stereocenters. The van der Waals surface area contributed by atoms with Gasteiger partial charge in [0.15, 0.2) is 11.5 Å². The summed E-state index contributed by atoms with van der Waals surface area (Å²) >= 11 is 0. The van der Waals surface area contributed by atoms with Gasteiger partial charge >= 0.3 is 0 Å². The first-order chi connectivity index (χ1) is 9.83. The van der Waals surface area contributed by atoms with E-state index in [0.29, 0.717) is 18.0 Å². The summed E-state index contributed by atoms with van der Waals surface area (Å²) in [7, 11) is 0. The second-order valence-corrected chi connectivity index (χ2v) is 4.46. The van der Waals surface area contributed by atoms with E-state index in [0.717, 1.165) is 11.1 Å². The SMILES string of the molecule is O=C(Cc1cccc2c1OCO2)NCc1ccncc1. The van der Waals surface area contributed by atoms with E-state index in [-0.39, 0.29) is 19.1 Å². The highest BCUT2D eigenvalue weighted by Crippen LogP contribution is 2.35. The lowest BCUT2D eigenvalue weighted by Crippen LogP contribution is -2.24. The quantitative estimate of drug-likeness (QED) is 0.918. The van der Waals surface area contributed by atoms with Crippen molar-refractivity contribution in [1.29, 1.82) is 0 Å². The third-order valence-electron chi connectivity index (χ3n) is 3.07. The van der Waals surface area contributed by atoms with E-state index in [1.54, 1.807) is 12.4 Å². The summed E-state index contributed by atoms with van der Waals surface area (Å²) < 4.78 is 10.7. The summed E-state index contributed by atoms with van der Waals surface area (Å²) in [5.74, 6) is 1.32. The van der Waals surface area contributed by atoms with Crippen LogP contribution in [0.2, 0.25) is 0 Å². The third-order valence-corrected chi connectivity index (χ3v) is 3.07. The molecule has 1 aliphatic rings. The summed E-state index contributed by atoms with van der Waals surface area (Å²) in [6.45, 7) is 0.707. The number of carbonyl (C=O) groups excluding carboxylic acids is 1. The molecule has 20 heavy (non-hydrogen) atoms. The molecule has 3 rings (SSSR count). The molecule has 0 bridgehead atoms. The van der Waals surface area contributed by atoms with Gasteiger partial charge in [-0.3, -0.25) is 9.78 Å². The largest absolute Gasteiger partial charge is 0.454 e. The van der Waals surface area contributed by atoms with E-state index in [9.17, 15) is 4.79 Å². The number of amides is 1. The maximum Gasteiger partial charge on any atom is 0.231 e. The Morgan fingerprint density at radius 3 is 2.90 bits per heavy atom. The predicted molar refractivity (Wildman–Crippen MR) is 72.4 cm³/mol. The highest BCUT2D eigenvalue weighted by Gasteiger charge is 2.18. The molecule has 0 spiro atoms. The number of carbonyl (C=O) groups is 1. The first-order valence-electron chi connectivity index (χ1n) is 6.36. The van der Waals surface area contributed by atoms with Crippen LogP contribution in [0.3, 0.4) is 0 Å². The summed E-state index contributed by atoms with van der Waals surface area (Å²) in [4.78, 5) is 15.9. The lowest BCUT2D eigenvalue weighted by atomic mass is 10.1. The zero-order valence-electron chi connectivity index (χ0n) is 10.8. The van der Waals surface area contributed by atoms with Gasteiger partial charge in [0.25, 0.3) is 0 Å². The van der Waals surface area contributed by atoms with Crippen molar-refractivity contribution in [2.24, 2.45) is 0 Å². The fraction of sp³-hybridized carbons (Fsp3) is 0.200. The zero-order chi connectivity index (χ0) is 13.8. The summed E-state index contributed by atoms with van der Waals surface area (Å²) in [6.07, 6.45) is 3.69. The Morgan fingerprint density at radius 2 is 2.05 bits per heavy atom. The Labute approximate surface area is 116 Å². The van der Waals surface area contributed by atoms with Gasteiger partial charge in [-0.15, -0.1) is 0 Å². The van der Waals surface area contributed by atoms with Gasteiger partial charge in [0.1, 0.15) is 0 Å². The normalized spacial score (nSPS) is 12.2. The molecule has 5 heteroatoms. The number of hydrogen-bond donors (Lipinski definition) is 1. The van der Waals surface area contributed by atoms with E-state index < -0.39 is 0 Å². The second-order valence-electron chi connectivity index (χ2n) is 4.46. The van der Waals surface area contributed by atoms with Crippen molar-refractivity contribution < 1.29 is 14.3 Å². The van der Waals surface area contributed by atoms with Gasteiger partial charge in [0.2, 0.25) is 12.7 Å². The molecule has 1 aromatic heterocycles. The van der Waals surface area contributed by atoms with Crippen molar-refractivity contribution >= 4 is 5.91 Å². The molecule has 0 saturated heterocycles. The number of para-hydroxylation sites is 1. The fourth-order valence-electron chi connectivity index (χ4n) is 2.07. The molecular formula is C15H14N2O3. The molecule has 102 valence electrons. The number of hydrogen-bond acceptors (Lipinski definition) is 4. The molecule has 1 amide bonds. The van der Waals surface area contributed by atoms with Crippen molar-refractivity contribution in [3.63, 3.8) is 0 Å². The number of nitrogens with zero attached hydrogens (tertiary/aromatic N) is 1. The van der Waals surface area contributed by atoms with Gasteiger partial charge < -0.3 is 14.8 Å². The van der Waals surface area contributed by atoms with Gasteiger partial charge in [-0.05, 0) is 23.8 Å². The highest BCUT2D eigenvalue weighted by atomic mass is 16.7. The van der Waals surface area contributed by atoms with Crippen LogP contribution in [-0.4, -0.2) is 17.7 Å². The minimum absolute atomic E-state index is 0.0503. The van der Waals surface area contributed by atoms with Crippen LogP contribution in [-0.2, 0) is 17.8 Å². The molecule has 2 heterocycles. The minimum atomic E-state index is -0.0503. The van der Waals surface area contributed by atoms with Gasteiger partial charge in [-0.25, -0.2) is 0 Å². The molecule has 0 fully saturated rings. The average molecular weight is 270 g/mol. The summed E-state index contributed by atoms with van der Waals surface area (Å²) in [6, 6.07) is 9.31. The lowest BCUT2D eigenvalue weighted by Gasteiger charge is -2.07. The molecular weight excluding hydrogens is 256 g/mol. The Bertz CT molecular complexity index is 614. The van der Waals surface area contributed by atoms with Crippen LogP contribution in [0.25, 0.3) is 0 Å². The Morgan fingerprint density at radius 1 is 1.20 bits per heavy atom. The van der Waals surface area contributed by atoms with Crippen LogP contribution in [0.15, 0.2) is 42.7 Å². The number of rotatable bonds is 4. The minimum Gasteiger partial charge on any atom is -0.454 e. The molecule has 1 aromatic carbocycles. The van der Waals surface area contributed by atoms with E-state index in [2.05, 4.69) is 10.3 Å². The molecule has 1 N–H and O–H groups in total. The van der Waals surface area contributed by atoms with Crippen LogP contribution in [0.4, 0.5) is 0 Å². The average Bonchev–Trinajstić information content (AvgIpc) is 2.96. The van der Waals surface area contributed by atoms with E-state index in [1.165, 1.54) is 0 Å². The predicted octanol–water partition coefficient (Wildman–Crippen LogP) is 1.67. The molecule has 5 nitrogen and oxygen atoms in total. The van der Waals surface area contributed by atoms with Crippen molar-refractivity contribution in [2.45, 2.75) is 13.0 Å². The van der Waals surface area contributed by atoms with Crippen LogP contribution in [0.1, 0.15) is 11.1 Å². The second kappa shape index (κ2) is 5.61. The highest BCUT2D eigenvalue weighted by molar-refractivity contribution is 5.79. The Kier molecular flexibility index (Phi) is 3.50. The van der Waals surface area contributed by atoms with Crippen molar-refractivity contribution in [3.05, 3.63) is 53.9 Å². The van der Waals surface area contributed by atoms with Gasteiger partial charge in [-0.2, -0.15) is 0 Å². The van der Waals surface area contributed by atoms with Crippen LogP contribution < -0.4 is 14.8 Å². The van der Waals surface area contributed by atoms with Gasteiger partial charge in [0.05, 0.1) is 6.42 Å². The third kappa shape index (κ3) is 2.71. The molecule has 0 aliphatic carbocycles. The maximum atomic E-state index is 12.0. The van der Waals surface area contributed by atoms with Crippen molar-refractivity contribution in [2.75, 3.05) is 6.79 Å². The number of benzene rings is 1. The molecule has 0 radical (unpaired) electrons. The smallest absolute Gasteiger partial charge is 0.231 e. The Hall–Kier alpha value is -2.56. The van der Waals surface area contributed by atoms with E-state index in [4.69, 9.17) is 9.47 Å². The molecule has 0 atom stereocenters. The summed E-state index contributed by atoms with van der Waals surface area (Å²) in [5, 5.41) is 2.88. The van der Waals surface area contributed by atoms with Crippen LogP contribution >= 0.6 is 0 Å². The number of ether oxygens (including phenoxy) is 2. The fourth-order valence-corrected chi connectivity index (χ4v) is 2.07. The Balaban J connectivity index is 1.61. The van der Waals surface area contributed by atoms with E-state index in [1.807, 2.05) is 30.3 Å². The monoisotopic (exact) mass is 270 g/mol. The molecule has 0 saturated carbocycles. The molecule has 2 aromatic rings. The standard InChI is InChI=1S/C15H14N2O3/c18-14(17-9-11-4-6-16-7-5-11)8-12-2-1-3-13-15(12)20-10-19-13/h1-7H,8-10H2,(H,17,18). The van der Waals surface area contributed by atoms with Crippen LogP contribution in [0, 0.1) is 0 Å². The molecule has 1 aliphatic heterocycles. The van der Waals surface area contributed by atoms with Crippen LogP contribution in [0.5, 0.6) is 11.5 Å². The van der Waals surface area contributed by atoms with Crippen molar-refractivity contribution in [3.8, 4) is 11.5 Å². The first kappa shape index (κ1) is 12.5. The van der Waals surface area contributed by atoms with Crippen molar-refractivity contribution in [1.82, 2.24) is 10.3 Å². The zero-order valence-corrected chi connectivity index (χ0v) is 10.8.